The lowest BCUT2D eigenvalue weighted by Crippen LogP contribution is -2.26. The van der Waals surface area contributed by atoms with Gasteiger partial charge < -0.3 is 0 Å². The van der Waals surface area contributed by atoms with E-state index >= 15 is 0 Å². The summed E-state index contributed by atoms with van der Waals surface area (Å²) in [5, 5.41) is 2.27. The highest BCUT2D eigenvalue weighted by Gasteiger charge is 2.06. The van der Waals surface area contributed by atoms with Crippen molar-refractivity contribution in [2.75, 3.05) is 13.1 Å². The Bertz CT molecular complexity index is 465. The van der Waals surface area contributed by atoms with Crippen molar-refractivity contribution in [3.63, 3.8) is 0 Å². The number of hydrogen-bond acceptors (Lipinski definition) is 2. The Morgan fingerprint density at radius 3 is 1.24 bits per heavy atom. The number of nitrogens with zero attached hydrogens (tertiary/aromatic N) is 1. The van der Waals surface area contributed by atoms with E-state index in [9.17, 15) is 0 Å². The van der Waals surface area contributed by atoms with E-state index in [1.165, 1.54) is 134 Å². The van der Waals surface area contributed by atoms with Gasteiger partial charge in [-0.2, -0.15) is 5.06 Å². The van der Waals surface area contributed by atoms with Crippen molar-refractivity contribution in [2.45, 2.75) is 149 Å². The fourth-order valence-electron chi connectivity index (χ4n) is 4.53. The first kappa shape index (κ1) is 30.2. The van der Waals surface area contributed by atoms with Gasteiger partial charge in [-0.1, -0.05) is 160 Å². The smallest absolute Gasteiger partial charge is 0.0935 e. The molecule has 0 saturated heterocycles. The number of hydrogen-bond donors (Lipinski definition) is 0. The highest BCUT2D eigenvalue weighted by atomic mass is 16.7. The Morgan fingerprint density at radius 2 is 0.848 bits per heavy atom. The van der Waals surface area contributed by atoms with E-state index in [2.05, 4.69) is 49.2 Å². The fourth-order valence-corrected chi connectivity index (χ4v) is 4.53. The van der Waals surface area contributed by atoms with Crippen LogP contribution in [0.2, 0.25) is 0 Å². The molecule has 0 unspecified atom stereocenters. The molecule has 0 atom stereocenters. The second-order valence-electron chi connectivity index (χ2n) is 10.1. The molecule has 0 aliphatic carbocycles. The molecule has 0 N–H and O–H groups in total. The molecule has 2 heteroatoms. The highest BCUT2D eigenvalue weighted by molar-refractivity contribution is 5.13. The standard InChI is InChI=1S/C31H57NO/c1-3-5-7-9-11-13-15-17-19-24-28-32(33-30-31-26-22-21-23-27-31)29-25-20-18-16-14-12-10-8-6-4-2/h21-23,26-27H,3-20,24-25,28-30H2,1-2H3. The van der Waals surface area contributed by atoms with Gasteiger partial charge in [-0.3, -0.25) is 4.84 Å². The third-order valence-electron chi connectivity index (χ3n) is 6.78. The van der Waals surface area contributed by atoms with E-state index in [1.807, 2.05) is 0 Å². The average Bonchev–Trinajstić information content (AvgIpc) is 2.85. The summed E-state index contributed by atoms with van der Waals surface area (Å²) >= 11 is 0. The molecule has 192 valence electrons. The van der Waals surface area contributed by atoms with Gasteiger partial charge >= 0.3 is 0 Å². The van der Waals surface area contributed by atoms with Crippen molar-refractivity contribution < 1.29 is 4.84 Å². The van der Waals surface area contributed by atoms with Crippen LogP contribution in [0.5, 0.6) is 0 Å². The lowest BCUT2D eigenvalue weighted by atomic mass is 10.1. The molecule has 0 amide bonds. The summed E-state index contributed by atoms with van der Waals surface area (Å²) in [5.41, 5.74) is 1.27. The predicted molar refractivity (Wildman–Crippen MR) is 146 cm³/mol. The molecule has 0 spiro atoms. The molecule has 33 heavy (non-hydrogen) atoms. The molecule has 0 aliphatic rings. The molecule has 1 aromatic rings. The van der Waals surface area contributed by atoms with E-state index < -0.39 is 0 Å². The fraction of sp³-hybridized carbons (Fsp3) is 0.806. The number of unbranched alkanes of at least 4 members (excludes halogenated alkanes) is 18. The second-order valence-corrected chi connectivity index (χ2v) is 10.1. The van der Waals surface area contributed by atoms with Crippen LogP contribution in [0.1, 0.15) is 148 Å². The van der Waals surface area contributed by atoms with Gasteiger partial charge in [-0.15, -0.1) is 0 Å². The van der Waals surface area contributed by atoms with Crippen LogP contribution < -0.4 is 0 Å². The lowest BCUT2D eigenvalue weighted by molar-refractivity contribution is -0.171. The van der Waals surface area contributed by atoms with Crippen molar-refractivity contribution >= 4 is 0 Å². The van der Waals surface area contributed by atoms with Gasteiger partial charge in [-0.25, -0.2) is 0 Å². The van der Waals surface area contributed by atoms with E-state index in [1.54, 1.807) is 0 Å². The number of hydroxylamine groups is 2. The molecule has 0 radical (unpaired) electrons. The summed E-state index contributed by atoms with van der Waals surface area (Å²) in [5.74, 6) is 0. The predicted octanol–water partition coefficient (Wildman–Crippen LogP) is 10.3. The maximum absolute atomic E-state index is 6.23. The van der Waals surface area contributed by atoms with Gasteiger partial charge in [0.05, 0.1) is 6.61 Å². The van der Waals surface area contributed by atoms with Crippen LogP contribution in [0, 0.1) is 0 Å². The van der Waals surface area contributed by atoms with Gasteiger partial charge in [0.15, 0.2) is 0 Å². The van der Waals surface area contributed by atoms with E-state index in [0.29, 0.717) is 6.61 Å². The minimum Gasteiger partial charge on any atom is -0.294 e. The quantitative estimate of drug-likeness (QED) is 0.106. The molecule has 0 heterocycles. The van der Waals surface area contributed by atoms with E-state index in [0.717, 1.165) is 13.1 Å². The first-order valence-electron chi connectivity index (χ1n) is 14.8. The van der Waals surface area contributed by atoms with E-state index in [4.69, 9.17) is 4.84 Å². The van der Waals surface area contributed by atoms with Crippen molar-refractivity contribution in [1.82, 2.24) is 5.06 Å². The maximum Gasteiger partial charge on any atom is 0.0935 e. The Morgan fingerprint density at radius 1 is 0.485 bits per heavy atom. The van der Waals surface area contributed by atoms with Gasteiger partial charge in [0.2, 0.25) is 0 Å². The van der Waals surface area contributed by atoms with Gasteiger partial charge in [0.1, 0.15) is 0 Å². The van der Waals surface area contributed by atoms with Gasteiger partial charge in [0, 0.05) is 13.1 Å². The molecule has 0 aliphatic heterocycles. The van der Waals surface area contributed by atoms with Gasteiger partial charge in [-0.05, 0) is 18.4 Å². The van der Waals surface area contributed by atoms with Crippen LogP contribution in [0.4, 0.5) is 0 Å². The average molecular weight is 460 g/mol. The zero-order valence-corrected chi connectivity index (χ0v) is 22.5. The summed E-state index contributed by atoms with van der Waals surface area (Å²) in [6, 6.07) is 10.6. The Labute approximate surface area is 207 Å². The lowest BCUT2D eigenvalue weighted by Gasteiger charge is -2.22. The second kappa shape index (κ2) is 24.3. The maximum atomic E-state index is 6.23. The van der Waals surface area contributed by atoms with Crippen molar-refractivity contribution in [3.8, 4) is 0 Å². The Hall–Kier alpha value is -0.860. The first-order chi connectivity index (χ1) is 16.4. The molecule has 0 fully saturated rings. The van der Waals surface area contributed by atoms with Crippen molar-refractivity contribution in [2.24, 2.45) is 0 Å². The molecular weight excluding hydrogens is 402 g/mol. The van der Waals surface area contributed by atoms with Crippen LogP contribution in [-0.4, -0.2) is 18.2 Å². The van der Waals surface area contributed by atoms with Crippen LogP contribution in [0.3, 0.4) is 0 Å². The van der Waals surface area contributed by atoms with Crippen LogP contribution >= 0.6 is 0 Å². The molecular formula is C31H57NO. The molecule has 2 nitrogen and oxygen atoms in total. The third kappa shape index (κ3) is 20.2. The zero-order valence-electron chi connectivity index (χ0n) is 22.5. The third-order valence-corrected chi connectivity index (χ3v) is 6.78. The minimum atomic E-state index is 0.705. The van der Waals surface area contributed by atoms with Crippen LogP contribution in [0.25, 0.3) is 0 Å². The van der Waals surface area contributed by atoms with Crippen LogP contribution in [0.15, 0.2) is 30.3 Å². The largest absolute Gasteiger partial charge is 0.294 e. The molecule has 1 aromatic carbocycles. The SMILES string of the molecule is CCCCCCCCCCCCN(CCCCCCCCCCCC)OCc1ccccc1. The molecule has 1 rings (SSSR count). The minimum absolute atomic E-state index is 0.705. The number of rotatable bonds is 25. The van der Waals surface area contributed by atoms with E-state index in [-0.39, 0.29) is 0 Å². The summed E-state index contributed by atoms with van der Waals surface area (Å²) in [6.07, 6.45) is 27.8. The molecule has 0 saturated carbocycles. The number of benzene rings is 1. The highest BCUT2D eigenvalue weighted by Crippen LogP contribution is 2.14. The Kier molecular flexibility index (Phi) is 22.2. The normalized spacial score (nSPS) is 11.5. The summed E-state index contributed by atoms with van der Waals surface area (Å²) in [7, 11) is 0. The van der Waals surface area contributed by atoms with Crippen molar-refractivity contribution in [3.05, 3.63) is 35.9 Å². The molecule has 0 aromatic heterocycles. The van der Waals surface area contributed by atoms with Crippen LogP contribution in [-0.2, 0) is 11.4 Å². The summed E-state index contributed by atoms with van der Waals surface area (Å²) in [4.78, 5) is 6.23. The summed E-state index contributed by atoms with van der Waals surface area (Å²) in [6.45, 7) is 7.46. The Balaban J connectivity index is 2.12. The van der Waals surface area contributed by atoms with Crippen molar-refractivity contribution in [1.29, 1.82) is 0 Å². The summed E-state index contributed by atoms with van der Waals surface area (Å²) < 4.78 is 0. The zero-order chi connectivity index (χ0) is 23.7. The topological polar surface area (TPSA) is 12.5 Å². The first-order valence-corrected chi connectivity index (χ1v) is 14.8. The monoisotopic (exact) mass is 459 g/mol. The van der Waals surface area contributed by atoms with Gasteiger partial charge in [0.25, 0.3) is 0 Å². The molecule has 0 bridgehead atoms.